The Morgan fingerprint density at radius 2 is 1.93 bits per heavy atom. The van der Waals surface area contributed by atoms with Crippen LogP contribution in [0.1, 0.15) is 32.3 Å². The van der Waals surface area contributed by atoms with Crippen LogP contribution in [-0.2, 0) is 6.42 Å². The largest absolute Gasteiger partial charge is 0.399 e. The molecule has 1 aromatic rings. The van der Waals surface area contributed by atoms with Crippen LogP contribution >= 0.6 is 0 Å². The lowest BCUT2D eigenvalue weighted by Gasteiger charge is -2.10. The van der Waals surface area contributed by atoms with Crippen LogP contribution in [0, 0.1) is 0 Å². The number of aryl methyl sites for hydroxylation is 1. The van der Waals surface area contributed by atoms with Gasteiger partial charge in [-0.1, -0.05) is 19.1 Å². The van der Waals surface area contributed by atoms with Crippen LogP contribution in [-0.4, -0.2) is 12.6 Å². The summed E-state index contributed by atoms with van der Waals surface area (Å²) in [6, 6.07) is 8.79. The standard InChI is InChI=1S/C13H22N2/c1-3-11(2)15-10-4-5-12-6-8-13(14)9-7-12/h6-9,11,15H,3-5,10,14H2,1-2H3. The molecule has 0 amide bonds. The Balaban J connectivity index is 2.17. The number of anilines is 1. The Hall–Kier alpha value is -1.02. The van der Waals surface area contributed by atoms with Crippen LogP contribution in [0.25, 0.3) is 0 Å². The second-order valence-corrected chi connectivity index (χ2v) is 4.11. The maximum absolute atomic E-state index is 5.63. The van der Waals surface area contributed by atoms with Crippen molar-refractivity contribution in [2.24, 2.45) is 0 Å². The van der Waals surface area contributed by atoms with Gasteiger partial charge in [0, 0.05) is 11.7 Å². The highest BCUT2D eigenvalue weighted by Gasteiger charge is 1.97. The summed E-state index contributed by atoms with van der Waals surface area (Å²) in [4.78, 5) is 0. The predicted molar refractivity (Wildman–Crippen MR) is 66.9 cm³/mol. The number of nitrogens with one attached hydrogen (secondary N) is 1. The Kier molecular flexibility index (Phi) is 5.19. The van der Waals surface area contributed by atoms with Crippen LogP contribution in [0.2, 0.25) is 0 Å². The Bertz CT molecular complexity index is 266. The molecular formula is C13H22N2. The van der Waals surface area contributed by atoms with Crippen molar-refractivity contribution < 1.29 is 0 Å². The van der Waals surface area contributed by atoms with Crippen LogP contribution in [0.3, 0.4) is 0 Å². The summed E-state index contributed by atoms with van der Waals surface area (Å²) < 4.78 is 0. The molecule has 3 N–H and O–H groups in total. The first kappa shape index (κ1) is 12.1. The van der Waals surface area contributed by atoms with E-state index in [0.29, 0.717) is 6.04 Å². The molecule has 0 aliphatic rings. The number of rotatable bonds is 6. The van der Waals surface area contributed by atoms with Gasteiger partial charge in [0.15, 0.2) is 0 Å². The smallest absolute Gasteiger partial charge is 0.0314 e. The fourth-order valence-electron chi connectivity index (χ4n) is 1.47. The molecule has 1 aromatic carbocycles. The van der Waals surface area contributed by atoms with E-state index in [4.69, 9.17) is 5.73 Å². The van der Waals surface area contributed by atoms with Crippen LogP contribution < -0.4 is 11.1 Å². The zero-order valence-corrected chi connectivity index (χ0v) is 9.79. The van der Waals surface area contributed by atoms with Gasteiger partial charge < -0.3 is 11.1 Å². The van der Waals surface area contributed by atoms with Gasteiger partial charge in [0.25, 0.3) is 0 Å². The molecule has 0 aliphatic heterocycles. The maximum atomic E-state index is 5.63. The van der Waals surface area contributed by atoms with Crippen molar-refractivity contribution in [3.8, 4) is 0 Å². The summed E-state index contributed by atoms with van der Waals surface area (Å²) in [5, 5.41) is 3.49. The molecule has 0 saturated heterocycles. The third kappa shape index (κ3) is 4.84. The van der Waals surface area contributed by atoms with Crippen molar-refractivity contribution >= 4 is 5.69 Å². The van der Waals surface area contributed by atoms with Crippen molar-refractivity contribution in [1.29, 1.82) is 0 Å². The third-order valence-electron chi connectivity index (χ3n) is 2.73. The Morgan fingerprint density at radius 1 is 1.27 bits per heavy atom. The van der Waals surface area contributed by atoms with Gasteiger partial charge >= 0.3 is 0 Å². The van der Waals surface area contributed by atoms with E-state index in [2.05, 4.69) is 31.3 Å². The zero-order valence-electron chi connectivity index (χ0n) is 9.79. The van der Waals surface area contributed by atoms with Crippen molar-refractivity contribution in [2.45, 2.75) is 39.2 Å². The lowest BCUT2D eigenvalue weighted by Crippen LogP contribution is -2.26. The molecular weight excluding hydrogens is 184 g/mol. The fourth-order valence-corrected chi connectivity index (χ4v) is 1.47. The Morgan fingerprint density at radius 3 is 2.53 bits per heavy atom. The second-order valence-electron chi connectivity index (χ2n) is 4.11. The molecule has 1 rings (SSSR count). The van der Waals surface area contributed by atoms with Gasteiger partial charge in [-0.2, -0.15) is 0 Å². The van der Waals surface area contributed by atoms with E-state index >= 15 is 0 Å². The number of hydrogen-bond donors (Lipinski definition) is 2. The molecule has 0 spiro atoms. The first-order valence-corrected chi connectivity index (χ1v) is 5.80. The summed E-state index contributed by atoms with van der Waals surface area (Å²) in [6.07, 6.45) is 3.51. The molecule has 0 bridgehead atoms. The van der Waals surface area contributed by atoms with E-state index in [1.165, 1.54) is 18.4 Å². The summed E-state index contributed by atoms with van der Waals surface area (Å²) >= 11 is 0. The molecule has 1 unspecified atom stereocenters. The van der Waals surface area contributed by atoms with Gasteiger partial charge in [-0.25, -0.2) is 0 Å². The molecule has 2 heteroatoms. The molecule has 84 valence electrons. The fraction of sp³-hybridized carbons (Fsp3) is 0.538. The highest BCUT2D eigenvalue weighted by Crippen LogP contribution is 2.07. The summed E-state index contributed by atoms with van der Waals surface area (Å²) in [7, 11) is 0. The Labute approximate surface area is 92.9 Å². The number of benzene rings is 1. The zero-order chi connectivity index (χ0) is 11.1. The molecule has 0 radical (unpaired) electrons. The molecule has 15 heavy (non-hydrogen) atoms. The average molecular weight is 206 g/mol. The van der Waals surface area contributed by atoms with Crippen LogP contribution in [0.4, 0.5) is 5.69 Å². The average Bonchev–Trinajstić information content (AvgIpc) is 2.26. The lowest BCUT2D eigenvalue weighted by atomic mass is 10.1. The third-order valence-corrected chi connectivity index (χ3v) is 2.73. The minimum absolute atomic E-state index is 0.636. The van der Waals surface area contributed by atoms with E-state index in [1.807, 2.05) is 12.1 Å². The highest BCUT2D eigenvalue weighted by molar-refractivity contribution is 5.39. The van der Waals surface area contributed by atoms with Gasteiger partial charge in [0.1, 0.15) is 0 Å². The van der Waals surface area contributed by atoms with Gasteiger partial charge in [0.2, 0.25) is 0 Å². The number of nitrogens with two attached hydrogens (primary N) is 1. The van der Waals surface area contributed by atoms with Crippen molar-refractivity contribution in [2.75, 3.05) is 12.3 Å². The lowest BCUT2D eigenvalue weighted by molar-refractivity contribution is 0.524. The summed E-state index contributed by atoms with van der Waals surface area (Å²) in [5.74, 6) is 0. The van der Waals surface area contributed by atoms with E-state index in [0.717, 1.165) is 18.7 Å². The molecule has 2 nitrogen and oxygen atoms in total. The normalized spacial score (nSPS) is 12.7. The highest BCUT2D eigenvalue weighted by atomic mass is 14.9. The van der Waals surface area contributed by atoms with Crippen molar-refractivity contribution in [3.05, 3.63) is 29.8 Å². The summed E-state index contributed by atoms with van der Waals surface area (Å²) in [6.45, 7) is 5.53. The van der Waals surface area contributed by atoms with Crippen molar-refractivity contribution in [1.82, 2.24) is 5.32 Å². The maximum Gasteiger partial charge on any atom is 0.0314 e. The van der Waals surface area contributed by atoms with Gasteiger partial charge in [-0.3, -0.25) is 0 Å². The van der Waals surface area contributed by atoms with E-state index in [9.17, 15) is 0 Å². The van der Waals surface area contributed by atoms with Crippen LogP contribution in [0.15, 0.2) is 24.3 Å². The number of hydrogen-bond acceptors (Lipinski definition) is 2. The molecule has 0 aromatic heterocycles. The molecule has 1 atom stereocenters. The molecule has 0 heterocycles. The van der Waals surface area contributed by atoms with Gasteiger partial charge in [-0.05, 0) is 50.4 Å². The van der Waals surface area contributed by atoms with E-state index < -0.39 is 0 Å². The molecule has 0 aliphatic carbocycles. The minimum Gasteiger partial charge on any atom is -0.399 e. The van der Waals surface area contributed by atoms with Gasteiger partial charge in [-0.15, -0.1) is 0 Å². The number of nitrogen functional groups attached to an aromatic ring is 1. The van der Waals surface area contributed by atoms with E-state index in [1.54, 1.807) is 0 Å². The minimum atomic E-state index is 0.636. The monoisotopic (exact) mass is 206 g/mol. The first-order chi connectivity index (χ1) is 7.22. The SMILES string of the molecule is CCC(C)NCCCc1ccc(N)cc1. The topological polar surface area (TPSA) is 38.0 Å². The molecule has 0 fully saturated rings. The predicted octanol–water partition coefficient (Wildman–Crippen LogP) is 2.59. The summed E-state index contributed by atoms with van der Waals surface area (Å²) in [5.41, 5.74) is 7.84. The van der Waals surface area contributed by atoms with E-state index in [-0.39, 0.29) is 0 Å². The van der Waals surface area contributed by atoms with Gasteiger partial charge in [0.05, 0.1) is 0 Å². The van der Waals surface area contributed by atoms with Crippen molar-refractivity contribution in [3.63, 3.8) is 0 Å². The second kappa shape index (κ2) is 6.46. The van der Waals surface area contributed by atoms with Crippen LogP contribution in [0.5, 0.6) is 0 Å². The first-order valence-electron chi connectivity index (χ1n) is 5.80. The molecule has 0 saturated carbocycles. The quantitative estimate of drug-likeness (QED) is 0.554.